The molecule has 4 nitrogen and oxygen atoms in total. The number of esters is 1. The smallest absolute Gasteiger partial charge is 0.338 e. The standard InChI is InChI=1S/C19H28N2O2.ClH/c1-2-23-19(22)18-6-4-3-5-17(18)14-7-9-15(10-8-14)21-16-11-12-20-13-16;/h3-6,14-16,20-21H,2,7-13H2,1H3;1H/t14?,15?,16-;/m1./s1. The number of nitrogens with one attached hydrogen (secondary N) is 2. The summed E-state index contributed by atoms with van der Waals surface area (Å²) >= 11 is 0. The van der Waals surface area contributed by atoms with Gasteiger partial charge in [0, 0.05) is 18.6 Å². The van der Waals surface area contributed by atoms with Gasteiger partial charge in [0.15, 0.2) is 0 Å². The third kappa shape index (κ3) is 4.71. The Morgan fingerprint density at radius 2 is 1.92 bits per heavy atom. The van der Waals surface area contributed by atoms with Crippen molar-refractivity contribution in [1.82, 2.24) is 10.6 Å². The van der Waals surface area contributed by atoms with Gasteiger partial charge in [0.05, 0.1) is 12.2 Å². The predicted molar refractivity (Wildman–Crippen MR) is 99.1 cm³/mol. The van der Waals surface area contributed by atoms with Crippen LogP contribution in [0.2, 0.25) is 0 Å². The van der Waals surface area contributed by atoms with E-state index in [1.807, 2.05) is 25.1 Å². The Balaban J connectivity index is 0.00000208. The average molecular weight is 353 g/mol. The van der Waals surface area contributed by atoms with E-state index in [1.165, 1.54) is 24.8 Å². The second kappa shape index (κ2) is 9.40. The molecule has 24 heavy (non-hydrogen) atoms. The number of halogens is 1. The number of ether oxygens (including phenoxy) is 1. The number of hydrogen-bond donors (Lipinski definition) is 2. The third-order valence-corrected chi connectivity index (χ3v) is 5.15. The van der Waals surface area contributed by atoms with E-state index in [-0.39, 0.29) is 18.4 Å². The fraction of sp³-hybridized carbons (Fsp3) is 0.632. The van der Waals surface area contributed by atoms with Crippen molar-refractivity contribution < 1.29 is 9.53 Å². The molecule has 1 saturated heterocycles. The van der Waals surface area contributed by atoms with E-state index in [0.717, 1.165) is 31.5 Å². The van der Waals surface area contributed by atoms with Crippen molar-refractivity contribution >= 4 is 18.4 Å². The molecule has 0 spiro atoms. The van der Waals surface area contributed by atoms with Crippen molar-refractivity contribution in [1.29, 1.82) is 0 Å². The zero-order valence-corrected chi connectivity index (χ0v) is 15.2. The molecule has 3 rings (SSSR count). The SMILES string of the molecule is CCOC(=O)c1ccccc1C1CCC(N[C@@H]2CCNC2)CC1.Cl. The molecular weight excluding hydrogens is 324 g/mol. The number of hydrogen-bond acceptors (Lipinski definition) is 4. The lowest BCUT2D eigenvalue weighted by atomic mass is 9.80. The lowest BCUT2D eigenvalue weighted by molar-refractivity contribution is 0.0524. The molecule has 1 aliphatic carbocycles. The molecule has 0 aromatic heterocycles. The van der Waals surface area contributed by atoms with E-state index in [9.17, 15) is 4.79 Å². The maximum absolute atomic E-state index is 12.2. The van der Waals surface area contributed by atoms with Gasteiger partial charge < -0.3 is 15.4 Å². The summed E-state index contributed by atoms with van der Waals surface area (Å²) in [5, 5.41) is 7.21. The predicted octanol–water partition coefficient (Wildman–Crippen LogP) is 3.26. The highest BCUT2D eigenvalue weighted by molar-refractivity contribution is 5.91. The van der Waals surface area contributed by atoms with E-state index in [2.05, 4.69) is 16.7 Å². The van der Waals surface area contributed by atoms with Gasteiger partial charge in [0.1, 0.15) is 0 Å². The van der Waals surface area contributed by atoms with E-state index in [0.29, 0.717) is 24.6 Å². The molecule has 1 aliphatic heterocycles. The fourth-order valence-corrected chi connectivity index (χ4v) is 3.95. The summed E-state index contributed by atoms with van der Waals surface area (Å²) in [6, 6.07) is 9.24. The molecule has 0 radical (unpaired) electrons. The first kappa shape index (κ1) is 19.2. The van der Waals surface area contributed by atoms with Crippen LogP contribution in [0.25, 0.3) is 0 Å². The summed E-state index contributed by atoms with van der Waals surface area (Å²) in [6.45, 7) is 4.53. The second-order valence-electron chi connectivity index (χ2n) is 6.71. The maximum Gasteiger partial charge on any atom is 0.338 e. The zero-order valence-electron chi connectivity index (χ0n) is 14.4. The van der Waals surface area contributed by atoms with Crippen molar-refractivity contribution in [2.24, 2.45) is 0 Å². The van der Waals surface area contributed by atoms with Crippen LogP contribution < -0.4 is 10.6 Å². The van der Waals surface area contributed by atoms with Crippen LogP contribution in [0.3, 0.4) is 0 Å². The molecule has 0 amide bonds. The molecule has 2 aliphatic rings. The lowest BCUT2D eigenvalue weighted by Crippen LogP contribution is -2.41. The molecule has 2 fully saturated rings. The van der Waals surface area contributed by atoms with Crippen molar-refractivity contribution in [3.63, 3.8) is 0 Å². The Kier molecular flexibility index (Phi) is 7.53. The average Bonchev–Trinajstić information content (AvgIpc) is 3.09. The molecule has 5 heteroatoms. The Bertz CT molecular complexity index is 524. The van der Waals surface area contributed by atoms with Gasteiger partial charge in [0.25, 0.3) is 0 Å². The van der Waals surface area contributed by atoms with Gasteiger partial charge in [-0.3, -0.25) is 0 Å². The molecule has 1 aromatic carbocycles. The second-order valence-corrected chi connectivity index (χ2v) is 6.71. The Labute approximate surface area is 151 Å². The van der Waals surface area contributed by atoms with Crippen molar-refractivity contribution in [2.75, 3.05) is 19.7 Å². The van der Waals surface area contributed by atoms with E-state index >= 15 is 0 Å². The van der Waals surface area contributed by atoms with Crippen molar-refractivity contribution in [3.05, 3.63) is 35.4 Å². The molecule has 1 atom stereocenters. The molecule has 2 N–H and O–H groups in total. The highest BCUT2D eigenvalue weighted by atomic mass is 35.5. The molecule has 0 bridgehead atoms. The fourth-order valence-electron chi connectivity index (χ4n) is 3.95. The minimum atomic E-state index is -0.180. The zero-order chi connectivity index (χ0) is 16.1. The molecule has 1 heterocycles. The first-order valence-corrected chi connectivity index (χ1v) is 9.00. The number of carbonyl (C=O) groups excluding carboxylic acids is 1. The summed E-state index contributed by atoms with van der Waals surface area (Å²) in [7, 11) is 0. The van der Waals surface area contributed by atoms with E-state index in [1.54, 1.807) is 0 Å². The minimum absolute atomic E-state index is 0. The minimum Gasteiger partial charge on any atom is -0.462 e. The normalized spacial score (nSPS) is 26.6. The highest BCUT2D eigenvalue weighted by Crippen LogP contribution is 2.35. The largest absolute Gasteiger partial charge is 0.462 e. The first-order valence-electron chi connectivity index (χ1n) is 9.00. The van der Waals surface area contributed by atoms with Gasteiger partial charge in [-0.2, -0.15) is 0 Å². The summed E-state index contributed by atoms with van der Waals surface area (Å²) in [5.74, 6) is 0.302. The van der Waals surface area contributed by atoms with Crippen LogP contribution in [0.15, 0.2) is 24.3 Å². The Morgan fingerprint density at radius 1 is 1.17 bits per heavy atom. The van der Waals surface area contributed by atoms with E-state index in [4.69, 9.17) is 4.74 Å². The van der Waals surface area contributed by atoms with Crippen LogP contribution in [0.5, 0.6) is 0 Å². The number of rotatable bonds is 5. The summed E-state index contributed by atoms with van der Waals surface area (Å²) in [5.41, 5.74) is 1.93. The van der Waals surface area contributed by atoms with Crippen LogP contribution in [-0.2, 0) is 4.74 Å². The maximum atomic E-state index is 12.2. The Hall–Kier alpha value is -1.10. The van der Waals surface area contributed by atoms with Gasteiger partial charge in [-0.05, 0) is 63.1 Å². The van der Waals surface area contributed by atoms with Crippen LogP contribution in [0.4, 0.5) is 0 Å². The van der Waals surface area contributed by atoms with Crippen molar-refractivity contribution in [3.8, 4) is 0 Å². The topological polar surface area (TPSA) is 50.4 Å². The molecule has 1 aromatic rings. The summed E-state index contributed by atoms with van der Waals surface area (Å²) in [6.07, 6.45) is 5.92. The van der Waals surface area contributed by atoms with Crippen molar-refractivity contribution in [2.45, 2.75) is 57.0 Å². The van der Waals surface area contributed by atoms with Gasteiger partial charge in [-0.25, -0.2) is 4.79 Å². The molecule has 0 unspecified atom stereocenters. The summed E-state index contributed by atoms with van der Waals surface area (Å²) < 4.78 is 5.21. The van der Waals surface area contributed by atoms with Crippen LogP contribution in [0, 0.1) is 0 Å². The van der Waals surface area contributed by atoms with Crippen LogP contribution in [-0.4, -0.2) is 37.7 Å². The van der Waals surface area contributed by atoms with Gasteiger partial charge >= 0.3 is 5.97 Å². The monoisotopic (exact) mass is 352 g/mol. The lowest BCUT2D eigenvalue weighted by Gasteiger charge is -2.32. The van der Waals surface area contributed by atoms with E-state index < -0.39 is 0 Å². The first-order chi connectivity index (χ1) is 11.3. The third-order valence-electron chi connectivity index (χ3n) is 5.15. The van der Waals surface area contributed by atoms with Gasteiger partial charge in [0.2, 0.25) is 0 Å². The number of carbonyl (C=O) groups is 1. The van der Waals surface area contributed by atoms with Gasteiger partial charge in [-0.1, -0.05) is 18.2 Å². The quantitative estimate of drug-likeness (QED) is 0.798. The highest BCUT2D eigenvalue weighted by Gasteiger charge is 2.27. The number of benzene rings is 1. The molecule has 134 valence electrons. The summed E-state index contributed by atoms with van der Waals surface area (Å²) in [4.78, 5) is 12.2. The van der Waals surface area contributed by atoms with Crippen LogP contribution in [0.1, 0.15) is 60.9 Å². The molecular formula is C19H29ClN2O2. The van der Waals surface area contributed by atoms with Crippen LogP contribution >= 0.6 is 12.4 Å². The molecule has 1 saturated carbocycles. The van der Waals surface area contributed by atoms with Gasteiger partial charge in [-0.15, -0.1) is 12.4 Å². The Morgan fingerprint density at radius 3 is 2.58 bits per heavy atom.